The van der Waals surface area contributed by atoms with Gasteiger partial charge in [0, 0.05) is 32.9 Å². The summed E-state index contributed by atoms with van der Waals surface area (Å²) in [6.45, 7) is 3.69. The third-order valence-corrected chi connectivity index (χ3v) is 3.74. The van der Waals surface area contributed by atoms with Crippen LogP contribution in [-0.4, -0.2) is 57.6 Å². The molecule has 0 amide bonds. The largest absolute Gasteiger partial charge is 0.481 e. The molecule has 24 heavy (non-hydrogen) atoms. The zero-order chi connectivity index (χ0) is 17.0. The zero-order valence-corrected chi connectivity index (χ0v) is 14.6. The summed E-state index contributed by atoms with van der Waals surface area (Å²) in [4.78, 5) is 8.56. The first-order valence-corrected chi connectivity index (χ1v) is 8.45. The van der Waals surface area contributed by atoms with E-state index < -0.39 is 0 Å². The lowest BCUT2D eigenvalue weighted by Gasteiger charge is -2.13. The molecule has 0 aromatic carbocycles. The lowest BCUT2D eigenvalue weighted by atomic mass is 10.2. The molecule has 1 unspecified atom stereocenters. The van der Waals surface area contributed by atoms with Crippen LogP contribution in [0.3, 0.4) is 0 Å². The minimum absolute atomic E-state index is 0.294. The Hall–Kier alpha value is -1.86. The van der Waals surface area contributed by atoms with Gasteiger partial charge in [0.05, 0.1) is 32.1 Å². The van der Waals surface area contributed by atoms with Crippen LogP contribution in [0.15, 0.2) is 23.2 Å². The first kappa shape index (κ1) is 18.5. The van der Waals surface area contributed by atoms with Gasteiger partial charge < -0.3 is 24.8 Å². The monoisotopic (exact) mass is 336 g/mol. The van der Waals surface area contributed by atoms with Gasteiger partial charge in [-0.25, -0.2) is 4.98 Å². The predicted molar refractivity (Wildman–Crippen MR) is 93.4 cm³/mol. The van der Waals surface area contributed by atoms with Crippen molar-refractivity contribution in [3.63, 3.8) is 0 Å². The first-order valence-electron chi connectivity index (χ1n) is 8.45. The van der Waals surface area contributed by atoms with E-state index in [1.54, 1.807) is 14.2 Å². The minimum Gasteiger partial charge on any atom is -0.481 e. The molecular weight excluding hydrogens is 308 g/mol. The molecule has 7 nitrogen and oxygen atoms in total. The highest BCUT2D eigenvalue weighted by atomic mass is 16.5. The molecule has 0 aliphatic carbocycles. The molecule has 0 bridgehead atoms. The van der Waals surface area contributed by atoms with Crippen molar-refractivity contribution in [2.24, 2.45) is 4.99 Å². The van der Waals surface area contributed by atoms with Gasteiger partial charge in [-0.05, 0) is 25.3 Å². The van der Waals surface area contributed by atoms with Crippen LogP contribution in [-0.2, 0) is 16.0 Å². The lowest BCUT2D eigenvalue weighted by molar-refractivity contribution is 0.0168. The predicted octanol–water partition coefficient (Wildman–Crippen LogP) is 1.34. The number of methoxy groups -OCH3 is 1. The maximum atomic E-state index is 5.64. The molecule has 1 fully saturated rings. The summed E-state index contributed by atoms with van der Waals surface area (Å²) in [5, 5.41) is 6.50. The number of nitrogens with zero attached hydrogens (tertiary/aromatic N) is 2. The smallest absolute Gasteiger partial charge is 0.213 e. The van der Waals surface area contributed by atoms with E-state index in [0.717, 1.165) is 50.7 Å². The molecule has 0 radical (unpaired) electrons. The third kappa shape index (κ3) is 6.72. The number of hydrogen-bond donors (Lipinski definition) is 2. The topological polar surface area (TPSA) is 77.0 Å². The molecule has 134 valence electrons. The molecule has 1 atom stereocenters. The number of aliphatic imine (C=N–C) groups is 1. The van der Waals surface area contributed by atoms with Crippen LogP contribution in [0.2, 0.25) is 0 Å². The van der Waals surface area contributed by atoms with Crippen molar-refractivity contribution in [2.75, 3.05) is 40.5 Å². The Balaban J connectivity index is 1.56. The van der Waals surface area contributed by atoms with E-state index in [9.17, 15) is 0 Å². The first-order chi connectivity index (χ1) is 11.8. The summed E-state index contributed by atoms with van der Waals surface area (Å²) in [7, 11) is 3.36. The van der Waals surface area contributed by atoms with Gasteiger partial charge >= 0.3 is 0 Å². The highest BCUT2D eigenvalue weighted by Crippen LogP contribution is 2.11. The average Bonchev–Trinajstić information content (AvgIpc) is 3.14. The van der Waals surface area contributed by atoms with E-state index in [1.165, 1.54) is 0 Å². The summed E-state index contributed by atoms with van der Waals surface area (Å²) in [6.07, 6.45) is 3.49. The molecule has 7 heteroatoms. The second-order valence-electron chi connectivity index (χ2n) is 5.59. The van der Waals surface area contributed by atoms with Gasteiger partial charge in [0.15, 0.2) is 5.96 Å². The highest BCUT2D eigenvalue weighted by Gasteiger charge is 2.14. The van der Waals surface area contributed by atoms with Gasteiger partial charge in [0.2, 0.25) is 5.88 Å². The number of ether oxygens (including phenoxy) is 3. The van der Waals surface area contributed by atoms with E-state index in [0.29, 0.717) is 25.1 Å². The normalized spacial score (nSPS) is 17.8. The van der Waals surface area contributed by atoms with E-state index in [-0.39, 0.29) is 0 Å². The molecule has 1 aromatic heterocycles. The molecule has 0 spiro atoms. The molecule has 2 N–H and O–H groups in total. The Labute approximate surface area is 143 Å². The van der Waals surface area contributed by atoms with Gasteiger partial charge in [-0.2, -0.15) is 0 Å². The van der Waals surface area contributed by atoms with Crippen LogP contribution in [0, 0.1) is 0 Å². The summed E-state index contributed by atoms with van der Waals surface area (Å²) >= 11 is 0. The Bertz CT molecular complexity index is 504. The van der Waals surface area contributed by atoms with Crippen LogP contribution in [0.4, 0.5) is 0 Å². The Kier molecular flexibility index (Phi) is 8.34. The van der Waals surface area contributed by atoms with Gasteiger partial charge in [-0.15, -0.1) is 0 Å². The van der Waals surface area contributed by atoms with E-state index in [2.05, 4.69) is 20.6 Å². The van der Waals surface area contributed by atoms with Crippen LogP contribution < -0.4 is 15.4 Å². The summed E-state index contributed by atoms with van der Waals surface area (Å²) in [5.41, 5.74) is 0.900. The summed E-state index contributed by atoms with van der Waals surface area (Å²) in [5.74, 6) is 1.36. The highest BCUT2D eigenvalue weighted by molar-refractivity contribution is 5.79. The molecular formula is C17H28N4O3. The second kappa shape index (κ2) is 10.8. The van der Waals surface area contributed by atoms with E-state index >= 15 is 0 Å². The maximum absolute atomic E-state index is 5.64. The molecule has 2 heterocycles. The zero-order valence-electron chi connectivity index (χ0n) is 14.6. The second-order valence-corrected chi connectivity index (χ2v) is 5.59. The van der Waals surface area contributed by atoms with Gasteiger partial charge in [-0.1, -0.05) is 6.07 Å². The number of pyridine rings is 1. The maximum Gasteiger partial charge on any atom is 0.213 e. The third-order valence-electron chi connectivity index (χ3n) is 3.74. The fourth-order valence-corrected chi connectivity index (χ4v) is 2.44. The number of hydrogen-bond acceptors (Lipinski definition) is 5. The Morgan fingerprint density at radius 1 is 1.42 bits per heavy atom. The summed E-state index contributed by atoms with van der Waals surface area (Å²) in [6, 6.07) is 5.69. The summed E-state index contributed by atoms with van der Waals surface area (Å²) < 4.78 is 16.3. The van der Waals surface area contributed by atoms with Gasteiger partial charge in [-0.3, -0.25) is 4.99 Å². The van der Waals surface area contributed by atoms with Gasteiger partial charge in [0.25, 0.3) is 0 Å². The van der Waals surface area contributed by atoms with Crippen molar-refractivity contribution >= 4 is 5.96 Å². The molecule has 1 aliphatic rings. The Morgan fingerprint density at radius 2 is 2.33 bits per heavy atom. The van der Waals surface area contributed by atoms with Crippen molar-refractivity contribution in [2.45, 2.75) is 31.9 Å². The van der Waals surface area contributed by atoms with Crippen molar-refractivity contribution in [1.29, 1.82) is 0 Å². The van der Waals surface area contributed by atoms with Crippen LogP contribution in [0.25, 0.3) is 0 Å². The van der Waals surface area contributed by atoms with Gasteiger partial charge in [0.1, 0.15) is 0 Å². The number of guanidine groups is 1. The minimum atomic E-state index is 0.294. The van der Waals surface area contributed by atoms with Crippen molar-refractivity contribution in [3.8, 4) is 5.88 Å². The van der Waals surface area contributed by atoms with E-state index in [1.807, 2.05) is 18.2 Å². The molecule has 2 rings (SSSR count). The molecule has 0 saturated carbocycles. The quantitative estimate of drug-likeness (QED) is 0.403. The molecule has 1 aromatic rings. The average molecular weight is 336 g/mol. The Morgan fingerprint density at radius 3 is 3.08 bits per heavy atom. The molecule has 1 saturated heterocycles. The van der Waals surface area contributed by atoms with Crippen LogP contribution in [0.1, 0.15) is 25.0 Å². The standard InChI is InChI=1S/C17H28N4O3/c1-18-17(20-12-14-6-3-8-16(21-14)22-2)19-9-5-10-23-13-15-7-4-11-24-15/h3,6,8,15H,4-5,7,9-13H2,1-2H3,(H2,18,19,20). The fourth-order valence-electron chi connectivity index (χ4n) is 2.44. The van der Waals surface area contributed by atoms with Crippen molar-refractivity contribution < 1.29 is 14.2 Å². The SMILES string of the molecule is CN=C(NCCCOCC1CCCO1)NCc1cccc(OC)n1. The fraction of sp³-hybridized carbons (Fsp3) is 0.647. The van der Waals surface area contributed by atoms with Crippen LogP contribution >= 0.6 is 0 Å². The number of rotatable bonds is 9. The van der Waals surface area contributed by atoms with Crippen LogP contribution in [0.5, 0.6) is 5.88 Å². The lowest BCUT2D eigenvalue weighted by Crippen LogP contribution is -2.37. The number of nitrogens with one attached hydrogen (secondary N) is 2. The number of aromatic nitrogens is 1. The van der Waals surface area contributed by atoms with E-state index in [4.69, 9.17) is 14.2 Å². The van der Waals surface area contributed by atoms with Crippen molar-refractivity contribution in [3.05, 3.63) is 23.9 Å². The van der Waals surface area contributed by atoms with Crippen molar-refractivity contribution in [1.82, 2.24) is 15.6 Å². The molecule has 1 aliphatic heterocycles.